The summed E-state index contributed by atoms with van der Waals surface area (Å²) >= 11 is 3.35. The Bertz CT molecular complexity index is 632. The molecule has 3 aromatic rings. The maximum absolute atomic E-state index is 4.66. The highest BCUT2D eigenvalue weighted by Gasteiger charge is 2.03. The third-order valence-corrected chi connectivity index (χ3v) is 4.42. The minimum absolute atomic E-state index is 0.821. The lowest BCUT2D eigenvalue weighted by Crippen LogP contribution is -2.16. The van der Waals surface area contributed by atoms with Crippen LogP contribution in [0.25, 0.3) is 11.3 Å². The van der Waals surface area contributed by atoms with E-state index in [2.05, 4.69) is 38.2 Å². The van der Waals surface area contributed by atoms with Crippen molar-refractivity contribution in [2.24, 2.45) is 0 Å². The van der Waals surface area contributed by atoms with E-state index in [1.807, 2.05) is 23.7 Å². The van der Waals surface area contributed by atoms with E-state index < -0.39 is 0 Å². The Kier molecular flexibility index (Phi) is 4.53. The first-order valence-electron chi connectivity index (χ1n) is 6.49. The van der Waals surface area contributed by atoms with Gasteiger partial charge in [-0.15, -0.1) is 22.7 Å². The zero-order valence-corrected chi connectivity index (χ0v) is 12.6. The minimum atomic E-state index is 0.821. The average molecular weight is 301 g/mol. The Morgan fingerprint density at radius 2 is 2.00 bits per heavy atom. The van der Waals surface area contributed by atoms with Gasteiger partial charge in [-0.05, 0) is 0 Å². The van der Waals surface area contributed by atoms with Crippen molar-refractivity contribution in [3.63, 3.8) is 0 Å². The maximum atomic E-state index is 4.66. The molecule has 5 heteroatoms. The van der Waals surface area contributed by atoms with Gasteiger partial charge < -0.3 is 5.32 Å². The lowest BCUT2D eigenvalue weighted by atomic mass is 10.2. The Labute approximate surface area is 126 Å². The molecule has 0 saturated carbocycles. The van der Waals surface area contributed by atoms with E-state index >= 15 is 0 Å². The quantitative estimate of drug-likeness (QED) is 0.707. The Morgan fingerprint density at radius 1 is 1.10 bits per heavy atom. The first-order chi connectivity index (χ1) is 9.92. The normalized spacial score (nSPS) is 10.8. The summed E-state index contributed by atoms with van der Waals surface area (Å²) in [7, 11) is 0. The summed E-state index contributed by atoms with van der Waals surface area (Å²) in [5.41, 5.74) is 5.28. The lowest BCUT2D eigenvalue weighted by Gasteiger charge is -2.00. The number of rotatable bonds is 6. The molecule has 3 nitrogen and oxygen atoms in total. The van der Waals surface area contributed by atoms with E-state index in [0.717, 1.165) is 35.9 Å². The molecule has 102 valence electrons. The van der Waals surface area contributed by atoms with E-state index in [-0.39, 0.29) is 0 Å². The van der Waals surface area contributed by atoms with Crippen LogP contribution in [-0.2, 0) is 13.0 Å². The van der Waals surface area contributed by atoms with E-state index in [9.17, 15) is 0 Å². The number of hydrogen-bond acceptors (Lipinski definition) is 5. The van der Waals surface area contributed by atoms with Gasteiger partial charge in [0.25, 0.3) is 0 Å². The fraction of sp³-hybridized carbons (Fsp3) is 0.200. The molecule has 0 atom stereocenters. The Morgan fingerprint density at radius 3 is 2.80 bits per heavy atom. The SMILES string of the molecule is c1ccc(-c2csc(CNCCc3cscn3)n2)cc1. The third kappa shape index (κ3) is 3.50. The first-order valence-corrected chi connectivity index (χ1v) is 8.31. The standard InChI is InChI=1S/C15H15N3S2/c1-2-4-12(5-3-1)14-10-20-15(18-14)8-16-7-6-13-9-19-11-17-13/h1-5,9-11,16H,6-8H2. The van der Waals surface area contributed by atoms with Gasteiger partial charge in [-0.3, -0.25) is 0 Å². The Balaban J connectivity index is 1.50. The van der Waals surface area contributed by atoms with Crippen LogP contribution < -0.4 is 5.32 Å². The van der Waals surface area contributed by atoms with E-state index in [4.69, 9.17) is 0 Å². The summed E-state index contributed by atoms with van der Waals surface area (Å²) in [6, 6.07) is 10.3. The van der Waals surface area contributed by atoms with E-state index in [1.54, 1.807) is 22.7 Å². The predicted octanol–water partition coefficient (Wildman–Crippen LogP) is 3.60. The van der Waals surface area contributed by atoms with E-state index in [1.165, 1.54) is 5.56 Å². The van der Waals surface area contributed by atoms with Crippen LogP contribution in [0.4, 0.5) is 0 Å². The highest BCUT2D eigenvalue weighted by atomic mass is 32.1. The number of thiazole rings is 2. The molecule has 0 aliphatic carbocycles. The fourth-order valence-electron chi connectivity index (χ4n) is 1.91. The number of aromatic nitrogens is 2. The van der Waals surface area contributed by atoms with Crippen LogP contribution in [0.1, 0.15) is 10.7 Å². The predicted molar refractivity (Wildman–Crippen MR) is 85.1 cm³/mol. The molecule has 0 spiro atoms. The summed E-state index contributed by atoms with van der Waals surface area (Å²) in [6.07, 6.45) is 0.973. The van der Waals surface area contributed by atoms with Crippen molar-refractivity contribution >= 4 is 22.7 Å². The van der Waals surface area contributed by atoms with Gasteiger partial charge in [0.1, 0.15) is 5.01 Å². The molecule has 0 aliphatic heterocycles. The van der Waals surface area contributed by atoms with Gasteiger partial charge in [0.2, 0.25) is 0 Å². The molecule has 0 unspecified atom stereocenters. The second-order valence-electron chi connectivity index (χ2n) is 4.40. The monoisotopic (exact) mass is 301 g/mol. The van der Waals surface area contributed by atoms with Crippen LogP contribution in [0.3, 0.4) is 0 Å². The summed E-state index contributed by atoms with van der Waals surface area (Å²) in [6.45, 7) is 1.76. The summed E-state index contributed by atoms with van der Waals surface area (Å²) in [5, 5.41) is 8.76. The van der Waals surface area contributed by atoms with Crippen LogP contribution >= 0.6 is 22.7 Å². The van der Waals surface area contributed by atoms with Gasteiger partial charge in [0.15, 0.2) is 0 Å². The number of nitrogens with zero attached hydrogens (tertiary/aromatic N) is 2. The average Bonchev–Trinajstić information content (AvgIpc) is 3.16. The fourth-order valence-corrected chi connectivity index (χ4v) is 3.27. The number of benzene rings is 1. The molecule has 0 bridgehead atoms. The van der Waals surface area contributed by atoms with Gasteiger partial charge in [-0.25, -0.2) is 9.97 Å². The molecule has 1 aromatic carbocycles. The molecule has 0 fully saturated rings. The molecular formula is C15H15N3S2. The molecule has 0 saturated heterocycles. The van der Waals surface area contributed by atoms with Crippen LogP contribution in [-0.4, -0.2) is 16.5 Å². The second-order valence-corrected chi connectivity index (χ2v) is 6.06. The molecule has 2 aromatic heterocycles. The molecule has 1 N–H and O–H groups in total. The minimum Gasteiger partial charge on any atom is -0.310 e. The molecule has 3 rings (SSSR count). The van der Waals surface area contributed by atoms with Crippen molar-refractivity contribution in [2.45, 2.75) is 13.0 Å². The largest absolute Gasteiger partial charge is 0.310 e. The lowest BCUT2D eigenvalue weighted by molar-refractivity contribution is 0.679. The van der Waals surface area contributed by atoms with Crippen molar-refractivity contribution in [2.75, 3.05) is 6.54 Å². The van der Waals surface area contributed by atoms with Crippen molar-refractivity contribution in [3.8, 4) is 11.3 Å². The van der Waals surface area contributed by atoms with Gasteiger partial charge in [-0.1, -0.05) is 30.3 Å². The van der Waals surface area contributed by atoms with Crippen molar-refractivity contribution in [3.05, 3.63) is 57.3 Å². The van der Waals surface area contributed by atoms with Gasteiger partial charge >= 0.3 is 0 Å². The number of nitrogens with one attached hydrogen (secondary N) is 1. The third-order valence-electron chi connectivity index (χ3n) is 2.94. The highest BCUT2D eigenvalue weighted by Crippen LogP contribution is 2.21. The molecular weight excluding hydrogens is 286 g/mol. The van der Waals surface area contributed by atoms with Crippen LogP contribution in [0.2, 0.25) is 0 Å². The Hall–Kier alpha value is -1.56. The van der Waals surface area contributed by atoms with Gasteiger partial charge in [0, 0.05) is 35.8 Å². The van der Waals surface area contributed by atoms with Crippen molar-refractivity contribution < 1.29 is 0 Å². The molecule has 20 heavy (non-hydrogen) atoms. The topological polar surface area (TPSA) is 37.8 Å². The molecule has 0 aliphatic rings. The second kappa shape index (κ2) is 6.74. The summed E-state index contributed by atoms with van der Waals surface area (Å²) in [5.74, 6) is 0. The zero-order chi connectivity index (χ0) is 13.6. The van der Waals surface area contributed by atoms with Crippen molar-refractivity contribution in [1.82, 2.24) is 15.3 Å². The molecule has 2 heterocycles. The molecule has 0 amide bonds. The van der Waals surface area contributed by atoms with Gasteiger partial charge in [0.05, 0.1) is 16.9 Å². The van der Waals surface area contributed by atoms with Crippen LogP contribution in [0.15, 0.2) is 46.6 Å². The smallest absolute Gasteiger partial charge is 0.107 e. The summed E-state index contributed by atoms with van der Waals surface area (Å²) < 4.78 is 0. The molecule has 0 radical (unpaired) electrons. The number of hydrogen-bond donors (Lipinski definition) is 1. The highest BCUT2D eigenvalue weighted by molar-refractivity contribution is 7.10. The van der Waals surface area contributed by atoms with Gasteiger partial charge in [-0.2, -0.15) is 0 Å². The van der Waals surface area contributed by atoms with E-state index in [0.29, 0.717) is 0 Å². The summed E-state index contributed by atoms with van der Waals surface area (Å²) in [4.78, 5) is 8.93. The van der Waals surface area contributed by atoms with Crippen LogP contribution in [0, 0.1) is 0 Å². The maximum Gasteiger partial charge on any atom is 0.107 e. The zero-order valence-electron chi connectivity index (χ0n) is 11.0. The van der Waals surface area contributed by atoms with Crippen LogP contribution in [0.5, 0.6) is 0 Å². The van der Waals surface area contributed by atoms with Crippen molar-refractivity contribution in [1.29, 1.82) is 0 Å². The first kappa shape index (κ1) is 13.4.